The minimum absolute atomic E-state index is 0.0268. The van der Waals surface area contributed by atoms with E-state index >= 15 is 0 Å². The molecule has 21 heavy (non-hydrogen) atoms. The lowest BCUT2D eigenvalue weighted by atomic mass is 10.1. The van der Waals surface area contributed by atoms with Crippen LogP contribution >= 0.6 is 11.6 Å². The average Bonchev–Trinajstić information content (AvgIpc) is 2.83. The molecule has 0 aliphatic heterocycles. The lowest BCUT2D eigenvalue weighted by Gasteiger charge is -2.14. The van der Waals surface area contributed by atoms with E-state index in [4.69, 9.17) is 16.3 Å². The quantitative estimate of drug-likeness (QED) is 0.784. The van der Waals surface area contributed by atoms with Crippen LogP contribution in [-0.4, -0.2) is 16.4 Å². The highest BCUT2D eigenvalue weighted by molar-refractivity contribution is 6.17. The van der Waals surface area contributed by atoms with Crippen molar-refractivity contribution >= 4 is 11.6 Å². The van der Waals surface area contributed by atoms with Crippen molar-refractivity contribution < 1.29 is 17.9 Å². The molecule has 0 aliphatic rings. The van der Waals surface area contributed by atoms with Crippen molar-refractivity contribution in [2.24, 2.45) is 7.05 Å². The first-order chi connectivity index (χ1) is 9.90. The largest absolute Gasteiger partial charge is 0.493 e. The third-order valence-corrected chi connectivity index (χ3v) is 3.22. The highest BCUT2D eigenvalue weighted by atomic mass is 35.5. The van der Waals surface area contributed by atoms with Gasteiger partial charge >= 0.3 is 6.18 Å². The third-order valence-electron chi connectivity index (χ3n) is 2.91. The third kappa shape index (κ3) is 4.14. The Kier molecular flexibility index (Phi) is 4.77. The first kappa shape index (κ1) is 15.7. The number of aryl methyl sites for hydroxylation is 1. The molecular formula is C14H14ClF3N2O. The monoisotopic (exact) mass is 318 g/mol. The second kappa shape index (κ2) is 6.39. The summed E-state index contributed by atoms with van der Waals surface area (Å²) in [4.78, 5) is 0. The number of rotatable bonds is 5. The maximum absolute atomic E-state index is 13.0. The van der Waals surface area contributed by atoms with E-state index in [1.54, 1.807) is 24.1 Å². The van der Waals surface area contributed by atoms with Crippen molar-refractivity contribution in [2.75, 3.05) is 6.61 Å². The lowest BCUT2D eigenvalue weighted by Crippen LogP contribution is -2.10. The highest BCUT2D eigenvalue weighted by Gasteiger charge is 2.34. The van der Waals surface area contributed by atoms with E-state index in [1.807, 2.05) is 0 Å². The van der Waals surface area contributed by atoms with Gasteiger partial charge in [0.25, 0.3) is 0 Å². The van der Waals surface area contributed by atoms with Gasteiger partial charge in [0.05, 0.1) is 18.4 Å². The minimum atomic E-state index is -4.47. The van der Waals surface area contributed by atoms with Crippen LogP contribution in [0.4, 0.5) is 13.2 Å². The molecule has 1 heterocycles. The number of ether oxygens (including phenoxy) is 1. The molecule has 0 saturated carbocycles. The number of hydrogen-bond donors (Lipinski definition) is 0. The van der Waals surface area contributed by atoms with E-state index in [0.29, 0.717) is 12.0 Å². The van der Waals surface area contributed by atoms with Gasteiger partial charge in [-0.05, 0) is 23.3 Å². The first-order valence-electron chi connectivity index (χ1n) is 6.26. The van der Waals surface area contributed by atoms with Gasteiger partial charge in [0, 0.05) is 25.5 Å². The van der Waals surface area contributed by atoms with Gasteiger partial charge < -0.3 is 4.74 Å². The molecular weight excluding hydrogens is 305 g/mol. The maximum atomic E-state index is 13.0. The van der Waals surface area contributed by atoms with Gasteiger partial charge in [0.15, 0.2) is 0 Å². The SMILES string of the molecule is Cn1cc(CCOc2ccc(CCl)cc2C(F)(F)F)cn1. The predicted octanol–water partition coefficient (Wildman–Crippen LogP) is 3.80. The maximum Gasteiger partial charge on any atom is 0.419 e. The Morgan fingerprint density at radius 2 is 2.05 bits per heavy atom. The topological polar surface area (TPSA) is 27.1 Å². The molecule has 0 spiro atoms. The summed E-state index contributed by atoms with van der Waals surface area (Å²) >= 11 is 5.57. The van der Waals surface area contributed by atoms with Crippen LogP contribution in [0.3, 0.4) is 0 Å². The normalized spacial score (nSPS) is 11.7. The van der Waals surface area contributed by atoms with Crippen LogP contribution in [0.1, 0.15) is 16.7 Å². The predicted molar refractivity (Wildman–Crippen MR) is 73.4 cm³/mol. The van der Waals surface area contributed by atoms with E-state index in [-0.39, 0.29) is 18.2 Å². The molecule has 1 aromatic heterocycles. The smallest absolute Gasteiger partial charge is 0.419 e. The molecule has 3 nitrogen and oxygen atoms in total. The molecule has 114 valence electrons. The fourth-order valence-corrected chi connectivity index (χ4v) is 2.05. The van der Waals surface area contributed by atoms with Gasteiger partial charge in [-0.3, -0.25) is 4.68 Å². The van der Waals surface area contributed by atoms with E-state index < -0.39 is 11.7 Å². The van der Waals surface area contributed by atoms with Crippen LogP contribution in [0.5, 0.6) is 5.75 Å². The fourth-order valence-electron chi connectivity index (χ4n) is 1.89. The number of hydrogen-bond acceptors (Lipinski definition) is 2. The molecule has 0 bridgehead atoms. The summed E-state index contributed by atoms with van der Waals surface area (Å²) in [5.41, 5.74) is 0.513. The van der Waals surface area contributed by atoms with Crippen LogP contribution in [0.2, 0.25) is 0 Å². The molecule has 0 fully saturated rings. The second-order valence-corrected chi connectivity index (χ2v) is 4.85. The molecule has 0 unspecified atom stereocenters. The van der Waals surface area contributed by atoms with Gasteiger partial charge in [0.2, 0.25) is 0 Å². The molecule has 0 radical (unpaired) electrons. The summed E-state index contributed by atoms with van der Waals surface area (Å²) in [6, 6.07) is 3.86. The Labute approximate surface area is 125 Å². The van der Waals surface area contributed by atoms with Crippen molar-refractivity contribution in [3.63, 3.8) is 0 Å². The van der Waals surface area contributed by atoms with Crippen LogP contribution in [0, 0.1) is 0 Å². The zero-order valence-electron chi connectivity index (χ0n) is 11.3. The van der Waals surface area contributed by atoms with Gasteiger partial charge in [-0.1, -0.05) is 6.07 Å². The van der Waals surface area contributed by atoms with Gasteiger partial charge in [0.1, 0.15) is 5.75 Å². The average molecular weight is 319 g/mol. The number of halogens is 4. The summed E-state index contributed by atoms with van der Waals surface area (Å²) in [6.07, 6.45) is -0.524. The van der Waals surface area contributed by atoms with Crippen molar-refractivity contribution in [2.45, 2.75) is 18.5 Å². The summed E-state index contributed by atoms with van der Waals surface area (Å²) in [5, 5.41) is 3.99. The van der Waals surface area contributed by atoms with E-state index in [9.17, 15) is 13.2 Å². The molecule has 2 rings (SSSR count). The first-order valence-corrected chi connectivity index (χ1v) is 6.80. The zero-order chi connectivity index (χ0) is 15.5. The standard InChI is InChI=1S/C14H14ClF3N2O/c1-20-9-11(8-19-20)4-5-21-13-3-2-10(7-15)6-12(13)14(16,17)18/h2-3,6,8-9H,4-5,7H2,1H3. The Morgan fingerprint density at radius 1 is 1.29 bits per heavy atom. The van der Waals surface area contributed by atoms with E-state index in [1.165, 1.54) is 12.1 Å². The molecule has 1 aromatic carbocycles. The highest BCUT2D eigenvalue weighted by Crippen LogP contribution is 2.37. The molecule has 0 amide bonds. The molecule has 2 aromatic rings. The fraction of sp³-hybridized carbons (Fsp3) is 0.357. The van der Waals surface area contributed by atoms with Gasteiger partial charge in [-0.2, -0.15) is 18.3 Å². The Morgan fingerprint density at radius 3 is 2.62 bits per heavy atom. The summed E-state index contributed by atoms with van der Waals surface area (Å²) in [6.45, 7) is 0.148. The lowest BCUT2D eigenvalue weighted by molar-refractivity contribution is -0.139. The van der Waals surface area contributed by atoms with Crippen molar-refractivity contribution in [3.05, 3.63) is 47.3 Å². The molecule has 7 heteroatoms. The number of nitrogens with zero attached hydrogens (tertiary/aromatic N) is 2. The van der Waals surface area contributed by atoms with Gasteiger partial charge in [-0.15, -0.1) is 11.6 Å². The minimum Gasteiger partial charge on any atom is -0.493 e. The van der Waals surface area contributed by atoms with Gasteiger partial charge in [-0.25, -0.2) is 0 Å². The zero-order valence-corrected chi connectivity index (χ0v) is 12.1. The van der Waals surface area contributed by atoms with Crippen molar-refractivity contribution in [1.29, 1.82) is 0 Å². The Bertz CT molecular complexity index is 611. The molecule has 0 saturated heterocycles. The summed E-state index contributed by atoms with van der Waals surface area (Å²) < 4.78 is 45.9. The van der Waals surface area contributed by atoms with Crippen LogP contribution in [0.15, 0.2) is 30.6 Å². The van der Waals surface area contributed by atoms with Crippen molar-refractivity contribution in [1.82, 2.24) is 9.78 Å². The summed E-state index contributed by atoms with van der Waals surface area (Å²) in [5.74, 6) is -0.153. The second-order valence-electron chi connectivity index (χ2n) is 4.58. The number of aromatic nitrogens is 2. The number of alkyl halides is 4. The van der Waals surface area contributed by atoms with Crippen molar-refractivity contribution in [3.8, 4) is 5.75 Å². The molecule has 0 N–H and O–H groups in total. The Hall–Kier alpha value is -1.69. The molecule has 0 atom stereocenters. The van der Waals surface area contributed by atoms with Crippen LogP contribution < -0.4 is 4.74 Å². The van der Waals surface area contributed by atoms with E-state index in [0.717, 1.165) is 11.6 Å². The molecule has 0 aliphatic carbocycles. The van der Waals surface area contributed by atoms with E-state index in [2.05, 4.69) is 5.10 Å². The Balaban J connectivity index is 2.08. The van der Waals surface area contributed by atoms with Crippen LogP contribution in [0.25, 0.3) is 0 Å². The number of benzene rings is 1. The van der Waals surface area contributed by atoms with Crippen LogP contribution in [-0.2, 0) is 25.5 Å². The summed E-state index contributed by atoms with van der Waals surface area (Å²) in [7, 11) is 1.77.